The number of nitriles is 2. The second-order valence-electron chi connectivity index (χ2n) is 7.75. The van der Waals surface area contributed by atoms with Crippen molar-refractivity contribution in [3.05, 3.63) is 46.8 Å². The standard InChI is InChI=1S/C24H23N5O5S2/c1-2-29-19-15-20-21(34-14-13-33-20)16-22(19)35-24(29)27-23(30)17-5-7-18(8-6-17)36(31,32)28(11-3-9-25)12-4-10-26/h5-8,15-16H,2-4,11-14H2,1H3. The monoisotopic (exact) mass is 525 g/mol. The van der Waals surface area contributed by atoms with Crippen LogP contribution in [0.1, 0.15) is 30.1 Å². The van der Waals surface area contributed by atoms with Crippen LogP contribution in [-0.4, -0.2) is 49.5 Å². The van der Waals surface area contributed by atoms with Gasteiger partial charge < -0.3 is 14.0 Å². The van der Waals surface area contributed by atoms with E-state index >= 15 is 0 Å². The van der Waals surface area contributed by atoms with Crippen LogP contribution in [0.2, 0.25) is 0 Å². The number of benzene rings is 2. The molecule has 4 rings (SSSR count). The van der Waals surface area contributed by atoms with Gasteiger partial charge in [0.15, 0.2) is 16.3 Å². The van der Waals surface area contributed by atoms with Gasteiger partial charge in [0, 0.05) is 50.2 Å². The summed E-state index contributed by atoms with van der Waals surface area (Å²) < 4.78 is 41.2. The molecule has 36 heavy (non-hydrogen) atoms. The van der Waals surface area contributed by atoms with Crippen LogP contribution in [0, 0.1) is 22.7 Å². The van der Waals surface area contributed by atoms with E-state index in [9.17, 15) is 13.2 Å². The van der Waals surface area contributed by atoms with Crippen molar-refractivity contribution in [3.8, 4) is 23.6 Å². The van der Waals surface area contributed by atoms with Gasteiger partial charge in [0.2, 0.25) is 10.0 Å². The highest BCUT2D eigenvalue weighted by Crippen LogP contribution is 2.35. The lowest BCUT2D eigenvalue weighted by molar-refractivity contribution is 0.0997. The van der Waals surface area contributed by atoms with Crippen LogP contribution < -0.4 is 14.3 Å². The SMILES string of the molecule is CCn1c(=NC(=O)c2ccc(S(=O)(=O)N(CCC#N)CCC#N)cc2)sc2cc3c(cc21)OCCO3. The Bertz CT molecular complexity index is 1520. The molecule has 0 aliphatic carbocycles. The molecule has 0 saturated carbocycles. The fourth-order valence-corrected chi connectivity index (χ4v) is 6.31. The van der Waals surface area contributed by atoms with Gasteiger partial charge in [0.05, 0.1) is 27.3 Å². The molecule has 1 aliphatic rings. The first-order chi connectivity index (χ1) is 17.4. The van der Waals surface area contributed by atoms with Crippen molar-refractivity contribution >= 4 is 37.5 Å². The molecule has 0 unspecified atom stereocenters. The van der Waals surface area contributed by atoms with Crippen LogP contribution in [-0.2, 0) is 16.6 Å². The minimum Gasteiger partial charge on any atom is -0.486 e. The Hall–Kier alpha value is -3.71. The van der Waals surface area contributed by atoms with Gasteiger partial charge in [0.1, 0.15) is 13.2 Å². The van der Waals surface area contributed by atoms with E-state index in [1.165, 1.54) is 35.6 Å². The molecule has 12 heteroatoms. The maximum absolute atomic E-state index is 13.0. The molecule has 0 spiro atoms. The summed E-state index contributed by atoms with van der Waals surface area (Å²) in [6.07, 6.45) is 0.0158. The minimum atomic E-state index is -3.92. The van der Waals surface area contributed by atoms with Gasteiger partial charge >= 0.3 is 0 Å². The maximum atomic E-state index is 13.0. The number of carbonyl (C=O) groups is 1. The third kappa shape index (κ3) is 5.11. The summed E-state index contributed by atoms with van der Waals surface area (Å²) in [6.45, 7) is 3.47. The average molecular weight is 526 g/mol. The number of rotatable bonds is 8. The number of hydrogen-bond donors (Lipinski definition) is 0. The van der Waals surface area contributed by atoms with Gasteiger partial charge in [-0.15, -0.1) is 0 Å². The summed E-state index contributed by atoms with van der Waals surface area (Å²) in [4.78, 5) is 17.7. The molecular formula is C24H23N5O5S2. The Morgan fingerprint density at radius 2 is 1.69 bits per heavy atom. The van der Waals surface area contributed by atoms with Crippen molar-refractivity contribution in [2.45, 2.75) is 31.2 Å². The fourth-order valence-electron chi connectivity index (χ4n) is 3.77. The van der Waals surface area contributed by atoms with E-state index in [1.54, 1.807) is 0 Å². The van der Waals surface area contributed by atoms with E-state index in [0.29, 0.717) is 36.1 Å². The lowest BCUT2D eigenvalue weighted by Gasteiger charge is -2.20. The molecule has 10 nitrogen and oxygen atoms in total. The van der Waals surface area contributed by atoms with Crippen molar-refractivity contribution in [2.24, 2.45) is 4.99 Å². The summed E-state index contributed by atoms with van der Waals surface area (Å²) >= 11 is 1.36. The molecule has 0 N–H and O–H groups in total. The number of sulfonamides is 1. The zero-order chi connectivity index (χ0) is 25.7. The van der Waals surface area contributed by atoms with Crippen LogP contribution in [0.5, 0.6) is 11.5 Å². The average Bonchev–Trinajstić information content (AvgIpc) is 3.22. The quantitative estimate of drug-likeness (QED) is 0.441. The summed E-state index contributed by atoms with van der Waals surface area (Å²) in [5, 5.41) is 17.7. The van der Waals surface area contributed by atoms with Gasteiger partial charge in [-0.3, -0.25) is 4.79 Å². The second kappa shape index (κ2) is 10.9. The molecule has 2 aromatic carbocycles. The van der Waals surface area contributed by atoms with E-state index in [2.05, 4.69) is 4.99 Å². The lowest BCUT2D eigenvalue weighted by Crippen LogP contribution is -2.32. The number of hydrogen-bond acceptors (Lipinski definition) is 8. The number of aryl methyl sites for hydroxylation is 1. The number of aromatic nitrogens is 1. The summed E-state index contributed by atoms with van der Waals surface area (Å²) in [5.41, 5.74) is 1.12. The molecule has 0 atom stereocenters. The number of amides is 1. The second-order valence-corrected chi connectivity index (χ2v) is 10.7. The smallest absolute Gasteiger partial charge is 0.279 e. The molecule has 0 bridgehead atoms. The number of nitrogens with zero attached hydrogens (tertiary/aromatic N) is 5. The molecule has 186 valence electrons. The summed E-state index contributed by atoms with van der Waals surface area (Å²) in [7, 11) is -3.92. The third-order valence-corrected chi connectivity index (χ3v) is 8.50. The normalized spacial score (nSPS) is 13.5. The van der Waals surface area contributed by atoms with Crippen molar-refractivity contribution in [1.29, 1.82) is 10.5 Å². The molecule has 0 radical (unpaired) electrons. The van der Waals surface area contributed by atoms with Gasteiger partial charge in [-0.25, -0.2) is 8.42 Å². The first-order valence-corrected chi connectivity index (χ1v) is 13.5. The fraction of sp³-hybridized carbons (Fsp3) is 0.333. The molecule has 1 amide bonds. The number of thiazole rings is 1. The zero-order valence-corrected chi connectivity index (χ0v) is 21.1. The van der Waals surface area contributed by atoms with E-state index in [4.69, 9.17) is 20.0 Å². The van der Waals surface area contributed by atoms with Gasteiger partial charge in [-0.2, -0.15) is 19.8 Å². The topological polar surface area (TPSA) is 138 Å². The van der Waals surface area contributed by atoms with E-state index in [-0.39, 0.29) is 36.4 Å². The first kappa shape index (κ1) is 25.4. The van der Waals surface area contributed by atoms with E-state index < -0.39 is 15.9 Å². The molecule has 2 heterocycles. The predicted molar refractivity (Wildman–Crippen MR) is 132 cm³/mol. The van der Waals surface area contributed by atoms with Gasteiger partial charge in [-0.05, 0) is 31.2 Å². The van der Waals surface area contributed by atoms with E-state index in [1.807, 2.05) is 35.8 Å². The molecule has 0 fully saturated rings. The van der Waals surface area contributed by atoms with Crippen LogP contribution >= 0.6 is 11.3 Å². The van der Waals surface area contributed by atoms with Crippen molar-refractivity contribution in [3.63, 3.8) is 0 Å². The third-order valence-electron chi connectivity index (χ3n) is 5.55. The molecule has 1 aliphatic heterocycles. The zero-order valence-electron chi connectivity index (χ0n) is 19.5. The van der Waals surface area contributed by atoms with Crippen LogP contribution in [0.4, 0.5) is 0 Å². The van der Waals surface area contributed by atoms with E-state index in [0.717, 1.165) is 14.5 Å². The van der Waals surface area contributed by atoms with Crippen LogP contribution in [0.25, 0.3) is 10.2 Å². The molecule has 1 aromatic heterocycles. The van der Waals surface area contributed by atoms with Crippen molar-refractivity contribution in [1.82, 2.24) is 8.87 Å². The number of fused-ring (bicyclic) bond motifs is 2. The lowest BCUT2D eigenvalue weighted by atomic mass is 10.2. The Balaban J connectivity index is 1.63. The largest absolute Gasteiger partial charge is 0.486 e. The molecular weight excluding hydrogens is 502 g/mol. The number of carbonyl (C=O) groups excluding carboxylic acids is 1. The number of ether oxygens (including phenoxy) is 2. The highest BCUT2D eigenvalue weighted by Gasteiger charge is 2.24. The Kier molecular flexibility index (Phi) is 7.70. The Morgan fingerprint density at radius 3 is 2.28 bits per heavy atom. The highest BCUT2D eigenvalue weighted by atomic mass is 32.2. The predicted octanol–water partition coefficient (Wildman–Crippen LogP) is 3.05. The summed E-state index contributed by atoms with van der Waals surface area (Å²) in [6, 6.07) is 13.1. The first-order valence-electron chi connectivity index (χ1n) is 11.2. The highest BCUT2D eigenvalue weighted by molar-refractivity contribution is 7.89. The van der Waals surface area contributed by atoms with Crippen LogP contribution in [0.3, 0.4) is 0 Å². The van der Waals surface area contributed by atoms with Gasteiger partial charge in [0.25, 0.3) is 5.91 Å². The van der Waals surface area contributed by atoms with Crippen LogP contribution in [0.15, 0.2) is 46.3 Å². The minimum absolute atomic E-state index is 0.00788. The van der Waals surface area contributed by atoms with Crippen molar-refractivity contribution in [2.75, 3.05) is 26.3 Å². The maximum Gasteiger partial charge on any atom is 0.279 e. The summed E-state index contributed by atoms with van der Waals surface area (Å²) in [5.74, 6) is 0.810. The van der Waals surface area contributed by atoms with Crippen molar-refractivity contribution < 1.29 is 22.7 Å². The Morgan fingerprint density at radius 1 is 1.08 bits per heavy atom. The molecule has 3 aromatic rings. The Labute approximate surface area is 212 Å². The molecule has 0 saturated heterocycles. The van der Waals surface area contributed by atoms with Gasteiger partial charge in [-0.1, -0.05) is 11.3 Å².